The molecule has 0 amide bonds. The van der Waals surface area contributed by atoms with Crippen molar-refractivity contribution in [1.29, 1.82) is 0 Å². The second-order valence-corrected chi connectivity index (χ2v) is 5.66. The number of rotatable bonds is 8. The Morgan fingerprint density at radius 3 is 2.86 bits per heavy atom. The Balaban J connectivity index is 2.08. The lowest BCUT2D eigenvalue weighted by atomic mass is 10.1. The zero-order valence-electron chi connectivity index (χ0n) is 13.4. The van der Waals surface area contributed by atoms with Gasteiger partial charge in [0.2, 0.25) is 0 Å². The molecule has 1 aliphatic heterocycles. The topological polar surface area (TPSA) is 39.7 Å². The van der Waals surface area contributed by atoms with Crippen LogP contribution >= 0.6 is 0 Å². The Morgan fingerprint density at radius 2 is 2.19 bits per heavy atom. The number of hydrogen-bond acceptors (Lipinski definition) is 4. The fourth-order valence-electron chi connectivity index (χ4n) is 2.40. The van der Waals surface area contributed by atoms with Crippen molar-refractivity contribution < 1.29 is 14.2 Å². The molecule has 1 atom stereocenters. The first kappa shape index (κ1) is 16.1. The maximum atomic E-state index is 6.05. The zero-order valence-corrected chi connectivity index (χ0v) is 13.4. The minimum atomic E-state index is 0.214. The average molecular weight is 293 g/mol. The van der Waals surface area contributed by atoms with E-state index in [2.05, 4.69) is 25.2 Å². The molecule has 21 heavy (non-hydrogen) atoms. The molecular weight excluding hydrogens is 266 g/mol. The highest BCUT2D eigenvalue weighted by Crippen LogP contribution is 2.32. The fraction of sp³-hybridized carbons (Fsp3) is 0.647. The van der Waals surface area contributed by atoms with Gasteiger partial charge in [0.15, 0.2) is 11.5 Å². The summed E-state index contributed by atoms with van der Waals surface area (Å²) in [6.07, 6.45) is 2.42. The third-order valence-electron chi connectivity index (χ3n) is 3.50. The summed E-state index contributed by atoms with van der Waals surface area (Å²) < 4.78 is 17.4. The number of nitrogens with one attached hydrogen (secondary N) is 1. The van der Waals surface area contributed by atoms with Gasteiger partial charge < -0.3 is 19.5 Å². The highest BCUT2D eigenvalue weighted by atomic mass is 16.5. The van der Waals surface area contributed by atoms with Crippen LogP contribution < -0.4 is 14.8 Å². The Morgan fingerprint density at radius 1 is 1.33 bits per heavy atom. The summed E-state index contributed by atoms with van der Waals surface area (Å²) in [4.78, 5) is 0. The van der Waals surface area contributed by atoms with Crippen LogP contribution in [0.5, 0.6) is 11.5 Å². The molecule has 1 aromatic rings. The minimum absolute atomic E-state index is 0.214. The molecule has 0 spiro atoms. The van der Waals surface area contributed by atoms with Crippen molar-refractivity contribution in [2.75, 3.05) is 19.8 Å². The van der Waals surface area contributed by atoms with E-state index in [1.165, 1.54) is 0 Å². The van der Waals surface area contributed by atoms with Gasteiger partial charge in [0, 0.05) is 24.8 Å². The molecule has 1 fully saturated rings. The molecule has 0 saturated carbocycles. The van der Waals surface area contributed by atoms with Crippen LogP contribution in [0.4, 0.5) is 0 Å². The smallest absolute Gasteiger partial charge is 0.165 e. The molecular formula is C17H27NO3. The van der Waals surface area contributed by atoms with E-state index >= 15 is 0 Å². The molecule has 1 heterocycles. The van der Waals surface area contributed by atoms with Gasteiger partial charge in [-0.1, -0.05) is 26.0 Å². The van der Waals surface area contributed by atoms with Crippen molar-refractivity contribution in [3.05, 3.63) is 23.8 Å². The molecule has 4 heteroatoms. The van der Waals surface area contributed by atoms with Crippen LogP contribution in [0.3, 0.4) is 0 Å². The summed E-state index contributed by atoms with van der Waals surface area (Å²) >= 11 is 0. The van der Waals surface area contributed by atoms with E-state index in [-0.39, 0.29) is 6.10 Å². The third kappa shape index (κ3) is 4.90. The second-order valence-electron chi connectivity index (χ2n) is 5.66. The molecule has 1 aliphatic rings. The molecule has 0 radical (unpaired) electrons. The van der Waals surface area contributed by atoms with Crippen LogP contribution in [0.1, 0.15) is 39.2 Å². The zero-order chi connectivity index (χ0) is 15.1. The molecule has 1 saturated heterocycles. The summed E-state index contributed by atoms with van der Waals surface area (Å²) in [6.45, 7) is 9.12. The molecule has 1 aromatic carbocycles. The predicted molar refractivity (Wildman–Crippen MR) is 84.1 cm³/mol. The molecule has 0 aromatic heterocycles. The molecule has 1 unspecified atom stereocenters. The summed E-state index contributed by atoms with van der Waals surface area (Å²) in [7, 11) is 0. The molecule has 1 N–H and O–H groups in total. The second kappa shape index (κ2) is 8.25. The largest absolute Gasteiger partial charge is 0.490 e. The molecule has 4 nitrogen and oxygen atoms in total. The van der Waals surface area contributed by atoms with Crippen molar-refractivity contribution in [3.8, 4) is 11.5 Å². The van der Waals surface area contributed by atoms with E-state index in [1.807, 2.05) is 19.1 Å². The highest BCUT2D eigenvalue weighted by Gasteiger charge is 2.18. The predicted octanol–water partition coefficient (Wildman–Crippen LogP) is 3.14. The van der Waals surface area contributed by atoms with Gasteiger partial charge in [-0.25, -0.2) is 0 Å². The summed E-state index contributed by atoms with van der Waals surface area (Å²) in [5.41, 5.74) is 1.13. The standard InChI is InChI=1S/C17H27NO3/c1-4-19-16-9-5-7-14(11-18-13(2)3)17(16)21-12-15-8-6-10-20-15/h5,7,9,13,15,18H,4,6,8,10-12H2,1-3H3. The minimum Gasteiger partial charge on any atom is -0.490 e. The van der Waals surface area contributed by atoms with Crippen molar-refractivity contribution in [2.24, 2.45) is 0 Å². The number of benzene rings is 1. The first-order chi connectivity index (χ1) is 10.2. The van der Waals surface area contributed by atoms with Gasteiger partial charge in [-0.3, -0.25) is 0 Å². The average Bonchev–Trinajstić information content (AvgIpc) is 2.97. The van der Waals surface area contributed by atoms with Gasteiger partial charge in [-0.2, -0.15) is 0 Å². The summed E-state index contributed by atoms with van der Waals surface area (Å²) in [5, 5.41) is 3.43. The first-order valence-corrected chi connectivity index (χ1v) is 7.93. The van der Waals surface area contributed by atoms with Crippen LogP contribution in [0.15, 0.2) is 18.2 Å². The maximum Gasteiger partial charge on any atom is 0.165 e. The van der Waals surface area contributed by atoms with Gasteiger partial charge in [-0.05, 0) is 25.8 Å². The lowest BCUT2D eigenvalue weighted by molar-refractivity contribution is 0.0663. The lowest BCUT2D eigenvalue weighted by Crippen LogP contribution is -2.23. The Kier molecular flexibility index (Phi) is 6.33. The van der Waals surface area contributed by atoms with Crippen LogP contribution in [0, 0.1) is 0 Å². The maximum absolute atomic E-state index is 6.05. The van der Waals surface area contributed by atoms with Crippen LogP contribution in [-0.2, 0) is 11.3 Å². The quantitative estimate of drug-likeness (QED) is 0.799. The van der Waals surface area contributed by atoms with E-state index in [1.54, 1.807) is 0 Å². The van der Waals surface area contributed by atoms with Gasteiger partial charge >= 0.3 is 0 Å². The van der Waals surface area contributed by atoms with Gasteiger partial charge in [0.25, 0.3) is 0 Å². The third-order valence-corrected chi connectivity index (χ3v) is 3.50. The Labute approximate surface area is 127 Å². The normalized spacial score (nSPS) is 18.2. The monoisotopic (exact) mass is 293 g/mol. The number of ether oxygens (including phenoxy) is 3. The first-order valence-electron chi connectivity index (χ1n) is 7.93. The highest BCUT2D eigenvalue weighted by molar-refractivity contribution is 5.46. The van der Waals surface area contributed by atoms with E-state index < -0.39 is 0 Å². The number of hydrogen-bond donors (Lipinski definition) is 1. The molecule has 0 bridgehead atoms. The summed E-state index contributed by atoms with van der Waals surface area (Å²) in [5.74, 6) is 1.67. The van der Waals surface area contributed by atoms with Gasteiger partial charge in [-0.15, -0.1) is 0 Å². The Hall–Kier alpha value is -1.26. The van der Waals surface area contributed by atoms with Gasteiger partial charge in [0.1, 0.15) is 6.61 Å². The van der Waals surface area contributed by atoms with Crippen molar-refractivity contribution >= 4 is 0 Å². The Bertz CT molecular complexity index is 428. The van der Waals surface area contributed by atoms with E-state index in [9.17, 15) is 0 Å². The van der Waals surface area contributed by atoms with Crippen LogP contribution in [0.2, 0.25) is 0 Å². The van der Waals surface area contributed by atoms with Crippen molar-refractivity contribution in [2.45, 2.75) is 52.3 Å². The SMILES string of the molecule is CCOc1cccc(CNC(C)C)c1OCC1CCCO1. The van der Waals surface area contributed by atoms with Crippen molar-refractivity contribution in [3.63, 3.8) is 0 Å². The van der Waals surface area contributed by atoms with E-state index in [0.29, 0.717) is 19.3 Å². The van der Waals surface area contributed by atoms with E-state index in [4.69, 9.17) is 14.2 Å². The van der Waals surface area contributed by atoms with Crippen LogP contribution in [-0.4, -0.2) is 32.0 Å². The molecule has 2 rings (SSSR count). The van der Waals surface area contributed by atoms with Crippen LogP contribution in [0.25, 0.3) is 0 Å². The van der Waals surface area contributed by atoms with Gasteiger partial charge in [0.05, 0.1) is 12.7 Å². The van der Waals surface area contributed by atoms with Crippen molar-refractivity contribution in [1.82, 2.24) is 5.32 Å². The molecule has 118 valence electrons. The number of para-hydroxylation sites is 1. The summed E-state index contributed by atoms with van der Waals surface area (Å²) in [6, 6.07) is 6.50. The van der Waals surface area contributed by atoms with E-state index in [0.717, 1.165) is 43.1 Å². The molecule has 0 aliphatic carbocycles. The lowest BCUT2D eigenvalue weighted by Gasteiger charge is -2.19. The fourth-order valence-corrected chi connectivity index (χ4v) is 2.40.